The van der Waals surface area contributed by atoms with Crippen LogP contribution in [-0.2, 0) is 9.53 Å². The normalized spacial score (nSPS) is 24.1. The topological polar surface area (TPSA) is 41.6 Å². The van der Waals surface area contributed by atoms with Crippen LogP contribution in [0.3, 0.4) is 0 Å². The summed E-state index contributed by atoms with van der Waals surface area (Å²) in [6, 6.07) is 4.32. The van der Waals surface area contributed by atoms with Crippen molar-refractivity contribution in [3.8, 4) is 0 Å². The Morgan fingerprint density at radius 2 is 2.10 bits per heavy atom. The van der Waals surface area contributed by atoms with E-state index in [-0.39, 0.29) is 24.2 Å². The lowest BCUT2D eigenvalue weighted by Gasteiger charge is -2.29. The molecule has 2 rings (SSSR count). The summed E-state index contributed by atoms with van der Waals surface area (Å²) in [4.78, 5) is 17.3. The van der Waals surface area contributed by atoms with Crippen molar-refractivity contribution >= 4 is 17.2 Å². The van der Waals surface area contributed by atoms with Gasteiger partial charge in [0.2, 0.25) is 5.91 Å². The van der Waals surface area contributed by atoms with Crippen molar-refractivity contribution in [2.45, 2.75) is 52.4 Å². The molecule has 0 radical (unpaired) electrons. The second-order valence-electron chi connectivity index (χ2n) is 6.12. The van der Waals surface area contributed by atoms with Crippen molar-refractivity contribution in [2.24, 2.45) is 5.92 Å². The summed E-state index contributed by atoms with van der Waals surface area (Å²) in [5.74, 6) is 0.505. The van der Waals surface area contributed by atoms with Crippen LogP contribution in [0, 0.1) is 12.8 Å². The van der Waals surface area contributed by atoms with E-state index in [1.54, 1.807) is 18.4 Å². The van der Waals surface area contributed by atoms with E-state index in [1.165, 1.54) is 9.75 Å². The highest BCUT2D eigenvalue weighted by Gasteiger charge is 2.43. The highest BCUT2D eigenvalue weighted by molar-refractivity contribution is 7.12. The van der Waals surface area contributed by atoms with Gasteiger partial charge in [-0.15, -0.1) is 11.3 Å². The van der Waals surface area contributed by atoms with Gasteiger partial charge >= 0.3 is 0 Å². The van der Waals surface area contributed by atoms with Gasteiger partial charge < -0.3 is 9.64 Å². The Bertz CT molecular complexity index is 486. The maximum Gasteiger partial charge on any atom is 0.241 e. The molecule has 3 atom stereocenters. The maximum absolute atomic E-state index is 12.8. The number of nitrogens with zero attached hydrogens (tertiary/aromatic N) is 1. The Balaban J connectivity index is 2.24. The molecule has 0 spiro atoms. The third-order valence-corrected chi connectivity index (χ3v) is 5.10. The summed E-state index contributed by atoms with van der Waals surface area (Å²) in [6.07, 6.45) is 0.853. The number of thiophene rings is 1. The Hall–Kier alpha value is -0.910. The van der Waals surface area contributed by atoms with Crippen LogP contribution in [0.1, 0.15) is 43.1 Å². The summed E-state index contributed by atoms with van der Waals surface area (Å²) in [5, 5.41) is 3.52. The maximum atomic E-state index is 12.8. The summed E-state index contributed by atoms with van der Waals surface area (Å²) in [6.45, 7) is 9.07. The van der Waals surface area contributed by atoms with Gasteiger partial charge in [0.15, 0.2) is 0 Å². The third-order valence-electron chi connectivity index (χ3n) is 4.05. The molecule has 1 amide bonds. The average Bonchev–Trinajstić information content (AvgIpc) is 2.99. The molecule has 4 nitrogen and oxygen atoms in total. The first-order chi connectivity index (χ1) is 9.95. The van der Waals surface area contributed by atoms with E-state index in [0.29, 0.717) is 12.5 Å². The Morgan fingerprint density at radius 1 is 1.38 bits per heavy atom. The van der Waals surface area contributed by atoms with Crippen LogP contribution in [0.4, 0.5) is 0 Å². The molecule has 1 aliphatic heterocycles. The summed E-state index contributed by atoms with van der Waals surface area (Å²) >= 11 is 1.76. The van der Waals surface area contributed by atoms with Gasteiger partial charge in [0, 0.05) is 29.5 Å². The molecule has 1 aromatic rings. The fourth-order valence-electron chi connectivity index (χ4n) is 2.81. The monoisotopic (exact) mass is 310 g/mol. The highest BCUT2D eigenvalue weighted by Crippen LogP contribution is 2.34. The van der Waals surface area contributed by atoms with Gasteiger partial charge in [0.25, 0.3) is 0 Å². The number of carbonyl (C=O) groups is 1. The van der Waals surface area contributed by atoms with Gasteiger partial charge in [-0.3, -0.25) is 10.1 Å². The highest BCUT2D eigenvalue weighted by atomic mass is 32.1. The molecule has 0 bridgehead atoms. The molecule has 0 aromatic carbocycles. The van der Waals surface area contributed by atoms with E-state index < -0.39 is 0 Å². The van der Waals surface area contributed by atoms with Crippen LogP contribution < -0.4 is 5.32 Å². The van der Waals surface area contributed by atoms with E-state index in [2.05, 4.69) is 45.1 Å². The smallest absolute Gasteiger partial charge is 0.241 e. The molecule has 1 aliphatic rings. The molecule has 1 N–H and O–H groups in total. The van der Waals surface area contributed by atoms with Crippen molar-refractivity contribution in [1.82, 2.24) is 10.2 Å². The number of aryl methyl sites for hydroxylation is 1. The summed E-state index contributed by atoms with van der Waals surface area (Å²) in [7, 11) is 1.70. The van der Waals surface area contributed by atoms with Crippen LogP contribution in [0.5, 0.6) is 0 Å². The zero-order valence-electron chi connectivity index (χ0n) is 13.6. The van der Waals surface area contributed by atoms with Crippen LogP contribution in [0.2, 0.25) is 0 Å². The lowest BCUT2D eigenvalue weighted by atomic mass is 10.0. The van der Waals surface area contributed by atoms with Crippen molar-refractivity contribution in [2.75, 3.05) is 13.7 Å². The molecule has 2 heterocycles. The van der Waals surface area contributed by atoms with Crippen LogP contribution >= 0.6 is 11.3 Å². The molecule has 1 saturated heterocycles. The van der Waals surface area contributed by atoms with Gasteiger partial charge in [-0.2, -0.15) is 0 Å². The minimum Gasteiger partial charge on any atom is -0.385 e. The molecule has 3 unspecified atom stereocenters. The van der Waals surface area contributed by atoms with Gasteiger partial charge in [-0.1, -0.05) is 13.8 Å². The number of amides is 1. The van der Waals surface area contributed by atoms with E-state index in [1.807, 2.05) is 4.90 Å². The fraction of sp³-hybridized carbons (Fsp3) is 0.688. The lowest BCUT2D eigenvalue weighted by molar-refractivity contribution is -0.133. The van der Waals surface area contributed by atoms with E-state index >= 15 is 0 Å². The number of carbonyl (C=O) groups excluding carboxylic acids is 1. The Labute approximate surface area is 131 Å². The first kappa shape index (κ1) is 16.5. The minimum atomic E-state index is -0.0950. The zero-order valence-corrected chi connectivity index (χ0v) is 14.4. The van der Waals surface area contributed by atoms with Crippen molar-refractivity contribution in [1.29, 1.82) is 0 Å². The van der Waals surface area contributed by atoms with Gasteiger partial charge in [0.05, 0.1) is 6.04 Å². The molecule has 1 aromatic heterocycles. The van der Waals surface area contributed by atoms with Gasteiger partial charge in [0.1, 0.15) is 6.17 Å². The lowest BCUT2D eigenvalue weighted by Crippen LogP contribution is -2.39. The molecule has 5 heteroatoms. The van der Waals surface area contributed by atoms with Crippen LogP contribution in [0.25, 0.3) is 0 Å². The van der Waals surface area contributed by atoms with E-state index in [0.717, 1.165) is 6.42 Å². The van der Waals surface area contributed by atoms with Gasteiger partial charge in [-0.05, 0) is 38.3 Å². The molecule has 21 heavy (non-hydrogen) atoms. The number of nitrogens with one attached hydrogen (secondary N) is 1. The predicted molar refractivity (Wildman–Crippen MR) is 86.4 cm³/mol. The second-order valence-corrected chi connectivity index (χ2v) is 7.43. The number of hydrogen-bond donors (Lipinski definition) is 1. The molecule has 0 saturated carbocycles. The fourth-order valence-corrected chi connectivity index (χ4v) is 3.74. The van der Waals surface area contributed by atoms with E-state index in [9.17, 15) is 4.79 Å². The van der Waals surface area contributed by atoms with Gasteiger partial charge in [-0.25, -0.2) is 0 Å². The number of ether oxygens (including phenoxy) is 1. The first-order valence-corrected chi connectivity index (χ1v) is 8.40. The summed E-state index contributed by atoms with van der Waals surface area (Å²) < 4.78 is 5.17. The van der Waals surface area contributed by atoms with Crippen molar-refractivity contribution in [3.05, 3.63) is 21.9 Å². The molecule has 0 aliphatic carbocycles. The van der Waals surface area contributed by atoms with Crippen molar-refractivity contribution in [3.63, 3.8) is 0 Å². The predicted octanol–water partition coefficient (Wildman–Crippen LogP) is 2.94. The number of hydrogen-bond acceptors (Lipinski definition) is 4. The number of methoxy groups -OCH3 is 1. The van der Waals surface area contributed by atoms with E-state index in [4.69, 9.17) is 4.74 Å². The SMILES string of the molecule is COCCC(C)N1C(=O)C(C(C)C)NC1c1ccc(C)s1. The number of rotatable bonds is 6. The second kappa shape index (κ2) is 6.90. The zero-order chi connectivity index (χ0) is 15.6. The quantitative estimate of drug-likeness (QED) is 0.878. The standard InChI is InChI=1S/C16H26N2O2S/c1-10(2)14-16(19)18(11(3)8-9-20-5)15(17-14)13-7-6-12(4)21-13/h6-7,10-11,14-15,17H,8-9H2,1-5H3. The van der Waals surface area contributed by atoms with Crippen LogP contribution in [0.15, 0.2) is 12.1 Å². The van der Waals surface area contributed by atoms with Crippen molar-refractivity contribution < 1.29 is 9.53 Å². The Kier molecular flexibility index (Phi) is 5.41. The molecule has 1 fully saturated rings. The molecule has 118 valence electrons. The Morgan fingerprint density at radius 3 is 2.62 bits per heavy atom. The molecular weight excluding hydrogens is 284 g/mol. The largest absolute Gasteiger partial charge is 0.385 e. The minimum absolute atomic E-state index is 0.00421. The average molecular weight is 310 g/mol. The third kappa shape index (κ3) is 3.47. The first-order valence-electron chi connectivity index (χ1n) is 7.59. The molecular formula is C16H26N2O2S. The van der Waals surface area contributed by atoms with Crippen LogP contribution in [-0.4, -0.2) is 36.6 Å². The summed E-state index contributed by atoms with van der Waals surface area (Å²) in [5.41, 5.74) is 0.